The topological polar surface area (TPSA) is 38.8 Å². The van der Waals surface area contributed by atoms with E-state index < -0.39 is 0 Å². The highest BCUT2D eigenvalue weighted by Gasteiger charge is 2.29. The Kier molecular flexibility index (Phi) is 4.11. The van der Waals surface area contributed by atoms with Gasteiger partial charge in [-0.2, -0.15) is 0 Å². The van der Waals surface area contributed by atoms with Gasteiger partial charge in [0.05, 0.1) is 18.3 Å². The van der Waals surface area contributed by atoms with Crippen LogP contribution in [-0.4, -0.2) is 48.8 Å². The predicted octanol–water partition coefficient (Wildman–Crippen LogP) is 1.05. The molecule has 0 aliphatic carbocycles. The largest absolute Gasteiger partial charge is 0.372 e. The van der Waals surface area contributed by atoms with Crippen LogP contribution in [-0.2, 0) is 14.3 Å². The molecule has 1 aliphatic heterocycles. The summed E-state index contributed by atoms with van der Waals surface area (Å²) >= 11 is 0. The minimum atomic E-state index is -0.230. The fourth-order valence-corrected chi connectivity index (χ4v) is 1.56. The van der Waals surface area contributed by atoms with Crippen LogP contribution in [0.4, 0.5) is 0 Å². The molecule has 0 atom stereocenters. The van der Waals surface area contributed by atoms with Gasteiger partial charge in [-0.25, -0.2) is 0 Å². The van der Waals surface area contributed by atoms with E-state index in [4.69, 9.17) is 9.47 Å². The van der Waals surface area contributed by atoms with Crippen molar-refractivity contribution in [2.45, 2.75) is 39.4 Å². The van der Waals surface area contributed by atoms with Crippen LogP contribution in [0.15, 0.2) is 0 Å². The third kappa shape index (κ3) is 4.18. The van der Waals surface area contributed by atoms with Gasteiger partial charge in [-0.15, -0.1) is 0 Å². The van der Waals surface area contributed by atoms with E-state index in [9.17, 15) is 4.79 Å². The predicted molar refractivity (Wildman–Crippen MR) is 57.7 cm³/mol. The first kappa shape index (κ1) is 12.5. The zero-order valence-electron chi connectivity index (χ0n) is 10.1. The molecular formula is C11H21NO3. The number of carbonyl (C=O) groups is 1. The summed E-state index contributed by atoms with van der Waals surface area (Å²) in [6, 6.07) is 0. The Morgan fingerprint density at radius 3 is 2.73 bits per heavy atom. The summed E-state index contributed by atoms with van der Waals surface area (Å²) in [7, 11) is 0. The average molecular weight is 215 g/mol. The third-order valence-electron chi connectivity index (χ3n) is 2.32. The van der Waals surface area contributed by atoms with E-state index >= 15 is 0 Å². The van der Waals surface area contributed by atoms with Crippen molar-refractivity contribution in [3.63, 3.8) is 0 Å². The Bertz CT molecular complexity index is 226. The lowest BCUT2D eigenvalue weighted by Crippen LogP contribution is -2.51. The zero-order valence-corrected chi connectivity index (χ0v) is 10.1. The molecule has 1 rings (SSSR count). The normalized spacial score (nSPS) is 20.7. The van der Waals surface area contributed by atoms with E-state index in [0.29, 0.717) is 19.7 Å². The van der Waals surface area contributed by atoms with Gasteiger partial charge < -0.3 is 14.4 Å². The molecule has 1 heterocycles. The molecule has 0 aromatic carbocycles. The lowest BCUT2D eigenvalue weighted by atomic mass is 10.1. The van der Waals surface area contributed by atoms with Crippen LogP contribution in [0.1, 0.15) is 27.7 Å². The smallest absolute Gasteiger partial charge is 0.248 e. The molecule has 0 N–H and O–H groups in total. The molecular weight excluding hydrogens is 194 g/mol. The van der Waals surface area contributed by atoms with Gasteiger partial charge in [-0.3, -0.25) is 4.79 Å². The van der Waals surface area contributed by atoms with E-state index in [-0.39, 0.29) is 24.2 Å². The maximum absolute atomic E-state index is 11.7. The minimum absolute atomic E-state index is 0.0556. The van der Waals surface area contributed by atoms with Crippen molar-refractivity contribution in [1.82, 2.24) is 4.90 Å². The number of morpholine rings is 1. The third-order valence-corrected chi connectivity index (χ3v) is 2.32. The molecule has 0 aromatic rings. The van der Waals surface area contributed by atoms with E-state index in [2.05, 4.69) is 0 Å². The van der Waals surface area contributed by atoms with Crippen molar-refractivity contribution in [3.05, 3.63) is 0 Å². The molecule has 0 unspecified atom stereocenters. The summed E-state index contributed by atoms with van der Waals surface area (Å²) in [6.45, 7) is 9.95. The second-order valence-corrected chi connectivity index (χ2v) is 4.78. The van der Waals surface area contributed by atoms with Crippen molar-refractivity contribution < 1.29 is 14.3 Å². The average Bonchev–Trinajstić information content (AvgIpc) is 2.12. The maximum atomic E-state index is 11.7. The number of hydrogen-bond acceptors (Lipinski definition) is 3. The Balaban J connectivity index is 2.39. The molecule has 1 saturated heterocycles. The molecule has 1 fully saturated rings. The number of rotatable bonds is 3. The lowest BCUT2D eigenvalue weighted by Gasteiger charge is -2.38. The summed E-state index contributed by atoms with van der Waals surface area (Å²) in [4.78, 5) is 13.5. The van der Waals surface area contributed by atoms with Crippen LogP contribution >= 0.6 is 0 Å². The fourth-order valence-electron chi connectivity index (χ4n) is 1.56. The van der Waals surface area contributed by atoms with E-state index in [1.165, 1.54) is 0 Å². The molecule has 4 nitrogen and oxygen atoms in total. The minimum Gasteiger partial charge on any atom is -0.372 e. The van der Waals surface area contributed by atoms with Gasteiger partial charge >= 0.3 is 0 Å². The lowest BCUT2D eigenvalue weighted by molar-refractivity contribution is -0.151. The first-order chi connectivity index (χ1) is 6.91. The van der Waals surface area contributed by atoms with Gasteiger partial charge in [0.1, 0.15) is 6.61 Å². The second kappa shape index (κ2) is 4.94. The molecule has 0 aromatic heterocycles. The molecule has 0 bridgehead atoms. The molecule has 88 valence electrons. The number of carbonyl (C=O) groups excluding carboxylic acids is 1. The fraction of sp³-hybridized carbons (Fsp3) is 0.909. The SMILES string of the molecule is CC(C)OCC(=O)N1CCOC(C)(C)C1. The molecule has 0 spiro atoms. The number of hydrogen-bond donors (Lipinski definition) is 0. The van der Waals surface area contributed by atoms with Gasteiger partial charge in [-0.05, 0) is 27.7 Å². The monoisotopic (exact) mass is 215 g/mol. The first-order valence-corrected chi connectivity index (χ1v) is 5.44. The Hall–Kier alpha value is -0.610. The summed E-state index contributed by atoms with van der Waals surface area (Å²) in [5, 5.41) is 0. The number of ether oxygens (including phenoxy) is 2. The van der Waals surface area contributed by atoms with Crippen LogP contribution in [0.25, 0.3) is 0 Å². The van der Waals surface area contributed by atoms with Crippen LogP contribution in [0.3, 0.4) is 0 Å². The Morgan fingerprint density at radius 2 is 2.20 bits per heavy atom. The van der Waals surface area contributed by atoms with Crippen molar-refractivity contribution in [2.75, 3.05) is 26.3 Å². The van der Waals surface area contributed by atoms with Crippen molar-refractivity contribution >= 4 is 5.91 Å². The van der Waals surface area contributed by atoms with Gasteiger partial charge in [0.15, 0.2) is 0 Å². The molecule has 15 heavy (non-hydrogen) atoms. The van der Waals surface area contributed by atoms with E-state index in [1.54, 1.807) is 0 Å². The van der Waals surface area contributed by atoms with Gasteiger partial charge in [-0.1, -0.05) is 0 Å². The van der Waals surface area contributed by atoms with E-state index in [0.717, 1.165) is 0 Å². The summed E-state index contributed by atoms with van der Waals surface area (Å²) in [5.41, 5.74) is -0.230. The quantitative estimate of drug-likeness (QED) is 0.706. The highest BCUT2D eigenvalue weighted by atomic mass is 16.5. The van der Waals surface area contributed by atoms with Crippen LogP contribution in [0.5, 0.6) is 0 Å². The Labute approximate surface area is 91.5 Å². The van der Waals surface area contributed by atoms with Gasteiger partial charge in [0.25, 0.3) is 0 Å². The highest BCUT2D eigenvalue weighted by Crippen LogP contribution is 2.16. The molecule has 0 radical (unpaired) electrons. The summed E-state index contributed by atoms with van der Waals surface area (Å²) < 4.78 is 10.8. The maximum Gasteiger partial charge on any atom is 0.248 e. The summed E-state index contributed by atoms with van der Waals surface area (Å²) in [5.74, 6) is 0.0556. The second-order valence-electron chi connectivity index (χ2n) is 4.78. The highest BCUT2D eigenvalue weighted by molar-refractivity contribution is 5.77. The zero-order chi connectivity index (χ0) is 11.5. The van der Waals surface area contributed by atoms with Crippen LogP contribution in [0.2, 0.25) is 0 Å². The van der Waals surface area contributed by atoms with E-state index in [1.807, 2.05) is 32.6 Å². The van der Waals surface area contributed by atoms with Crippen molar-refractivity contribution in [1.29, 1.82) is 0 Å². The summed E-state index contributed by atoms with van der Waals surface area (Å²) in [6.07, 6.45) is 0.100. The number of nitrogens with zero attached hydrogens (tertiary/aromatic N) is 1. The van der Waals surface area contributed by atoms with Gasteiger partial charge in [0.2, 0.25) is 5.91 Å². The standard InChI is InChI=1S/C11H21NO3/c1-9(2)14-7-10(13)12-5-6-15-11(3,4)8-12/h9H,5-8H2,1-4H3. The van der Waals surface area contributed by atoms with Crippen molar-refractivity contribution in [2.24, 2.45) is 0 Å². The van der Waals surface area contributed by atoms with Crippen molar-refractivity contribution in [3.8, 4) is 0 Å². The molecule has 1 aliphatic rings. The molecule has 0 saturated carbocycles. The van der Waals surface area contributed by atoms with Gasteiger partial charge in [0, 0.05) is 13.1 Å². The Morgan fingerprint density at radius 1 is 1.53 bits per heavy atom. The first-order valence-electron chi connectivity index (χ1n) is 5.44. The van der Waals surface area contributed by atoms with Crippen LogP contribution < -0.4 is 0 Å². The molecule has 4 heteroatoms. The van der Waals surface area contributed by atoms with Crippen LogP contribution in [0, 0.1) is 0 Å². The number of amides is 1. The molecule has 1 amide bonds.